The van der Waals surface area contributed by atoms with Crippen molar-refractivity contribution >= 4 is 280 Å². The fraction of sp³-hybridized carbons (Fsp3) is 0.0222. The molecule has 6 aromatic heterocycles. The highest BCUT2D eigenvalue weighted by molar-refractivity contribution is 6.30. The summed E-state index contributed by atoms with van der Waals surface area (Å²) in [6.07, 6.45) is 0. The monoisotopic (exact) mass is 1840 g/mol. The summed E-state index contributed by atoms with van der Waals surface area (Å²) in [6, 6.07) is 167. The van der Waals surface area contributed by atoms with Crippen molar-refractivity contribution < 1.29 is 26.5 Å². The average Bonchev–Trinajstić information content (AvgIpc) is 1.54. The predicted octanol–water partition coefficient (Wildman–Crippen LogP) is 39.6. The lowest BCUT2D eigenvalue weighted by molar-refractivity contribution is 0.661. The van der Waals surface area contributed by atoms with E-state index in [0.29, 0.717) is 0 Å². The molecule has 0 atom stereocenters. The van der Waals surface area contributed by atoms with Crippen molar-refractivity contribution in [3.63, 3.8) is 0 Å². The Morgan fingerprint density at radius 2 is 0.451 bits per heavy atom. The average molecular weight is 1840 g/mol. The Balaban J connectivity index is 0.000000101. The minimum absolute atomic E-state index is 0.0727. The lowest BCUT2D eigenvalue weighted by Crippen LogP contribution is -2.14. The second-order valence-electron chi connectivity index (χ2n) is 38.8. The van der Waals surface area contributed by atoms with Crippen LogP contribution in [-0.4, -0.2) is 0 Å². The summed E-state index contributed by atoms with van der Waals surface area (Å²) in [7, 11) is 0. The van der Waals surface area contributed by atoms with Crippen LogP contribution >= 0.6 is 0 Å². The molecule has 0 saturated heterocycles. The summed E-state index contributed by atoms with van der Waals surface area (Å²) < 4.78 is 37.8. The van der Waals surface area contributed by atoms with Crippen LogP contribution in [0.3, 0.4) is 0 Å². The van der Waals surface area contributed by atoms with Crippen LogP contribution in [0.15, 0.2) is 494 Å². The third kappa shape index (κ3) is 12.6. The topological polar surface area (TPSA) is 88.6 Å². The van der Waals surface area contributed by atoms with Gasteiger partial charge >= 0.3 is 0 Å². The van der Waals surface area contributed by atoms with Crippen molar-refractivity contribution in [3.8, 4) is 11.1 Å². The van der Waals surface area contributed by atoms with Crippen LogP contribution in [0.25, 0.3) is 240 Å². The van der Waals surface area contributed by atoms with E-state index in [1.807, 2.05) is 60.7 Å². The quantitative estimate of drug-likeness (QED) is 0.131. The molecule has 25 aromatic carbocycles. The fourth-order valence-corrected chi connectivity index (χ4v) is 23.7. The highest BCUT2D eigenvalue weighted by atomic mass is 16.3. The van der Waals surface area contributed by atoms with Gasteiger partial charge in [-0.05, 0) is 273 Å². The molecule has 6 heterocycles. The van der Waals surface area contributed by atoms with Crippen LogP contribution in [0.4, 0.5) is 51.2 Å². The predicted molar refractivity (Wildman–Crippen MR) is 602 cm³/mol. The number of furan rings is 6. The third-order valence-electron chi connectivity index (χ3n) is 30.4. The van der Waals surface area contributed by atoms with E-state index in [2.05, 4.69) is 435 Å². The van der Waals surface area contributed by atoms with Crippen LogP contribution < -0.4 is 14.7 Å². The lowest BCUT2D eigenvalue weighted by Gasteiger charge is -2.28. The van der Waals surface area contributed by atoms with Gasteiger partial charge in [0.15, 0.2) is 0 Å². The minimum atomic E-state index is -0.0727. The van der Waals surface area contributed by atoms with E-state index in [-0.39, 0.29) is 5.41 Å². The molecule has 32 rings (SSSR count). The van der Waals surface area contributed by atoms with Gasteiger partial charge in [-0.3, -0.25) is 0 Å². The molecule has 1 aliphatic carbocycles. The van der Waals surface area contributed by atoms with Crippen LogP contribution in [0.2, 0.25) is 0 Å². The second kappa shape index (κ2) is 31.5. The number of hydrogen-bond donors (Lipinski definition) is 0. The van der Waals surface area contributed by atoms with Gasteiger partial charge in [0, 0.05) is 138 Å². The number of anilines is 9. The molecule has 0 saturated carbocycles. The second-order valence-corrected chi connectivity index (χ2v) is 38.8. The number of para-hydroxylation sites is 6. The molecule has 9 nitrogen and oxygen atoms in total. The van der Waals surface area contributed by atoms with Gasteiger partial charge in [-0.25, -0.2) is 0 Å². The zero-order valence-electron chi connectivity index (χ0n) is 78.2. The van der Waals surface area contributed by atoms with E-state index in [1.54, 1.807) is 0 Å². The molecular weight excluding hydrogens is 1760 g/mol. The summed E-state index contributed by atoms with van der Waals surface area (Å²) in [4.78, 5) is 7.13. The SMILES string of the molecule is CC1(C)c2ccccc2-c2c1ccc1ccc3ccc(N(c4ccc5c(c4)oc4ccccc45)c4ccc5oc6ccccc6c5c4)cc3c21.c1ccc2c(c1)cc(N(c1ccc3oc4ccccc4c3c1)c1ccc3ccc4ccc5oc6ccccc6c5c4c3c1)c1ccccc12.c1ccc2cc(N(c3ccc4oc5ccccc5c4c3)c3ccc4ccc5ccc6oc7ccccc7c6c5c4c3)ccc2c1. The highest BCUT2D eigenvalue weighted by Gasteiger charge is 2.37. The Labute approximate surface area is 823 Å². The summed E-state index contributed by atoms with van der Waals surface area (Å²) in [6.45, 7) is 4.71. The summed E-state index contributed by atoms with van der Waals surface area (Å²) >= 11 is 0. The first kappa shape index (κ1) is 81.1. The van der Waals surface area contributed by atoms with E-state index in [4.69, 9.17) is 26.5 Å². The molecule has 0 amide bonds. The molecular formula is C135H83N3O6. The molecule has 1 aliphatic rings. The third-order valence-corrected chi connectivity index (χ3v) is 30.4. The Morgan fingerprint density at radius 3 is 0.958 bits per heavy atom. The van der Waals surface area contributed by atoms with Gasteiger partial charge in [0.1, 0.15) is 67.0 Å². The molecule has 0 spiro atoms. The van der Waals surface area contributed by atoms with Crippen molar-refractivity contribution in [2.45, 2.75) is 19.3 Å². The molecule has 0 aliphatic heterocycles. The van der Waals surface area contributed by atoms with Gasteiger partial charge in [0.25, 0.3) is 0 Å². The smallest absolute Gasteiger partial charge is 0.137 e. The number of fused-ring (bicyclic) bond motifs is 37. The summed E-state index contributed by atoms with van der Waals surface area (Å²) in [5, 5.41) is 35.4. The van der Waals surface area contributed by atoms with E-state index >= 15 is 0 Å². The first-order chi connectivity index (χ1) is 71.1. The largest absolute Gasteiger partial charge is 0.456 e. The summed E-state index contributed by atoms with van der Waals surface area (Å²) in [5.41, 5.74) is 25.8. The van der Waals surface area contributed by atoms with Gasteiger partial charge < -0.3 is 41.2 Å². The zero-order chi connectivity index (χ0) is 94.7. The maximum atomic E-state index is 6.42. The van der Waals surface area contributed by atoms with Gasteiger partial charge in [-0.1, -0.05) is 305 Å². The maximum Gasteiger partial charge on any atom is 0.137 e. The van der Waals surface area contributed by atoms with Crippen molar-refractivity contribution in [1.29, 1.82) is 0 Å². The molecule has 144 heavy (non-hydrogen) atoms. The number of benzene rings is 25. The van der Waals surface area contributed by atoms with Crippen LogP contribution in [0, 0.1) is 0 Å². The Kier molecular flexibility index (Phi) is 17.8. The first-order valence-electron chi connectivity index (χ1n) is 49.2. The molecule has 0 N–H and O–H groups in total. The number of rotatable bonds is 9. The van der Waals surface area contributed by atoms with Crippen molar-refractivity contribution in [3.05, 3.63) is 478 Å². The van der Waals surface area contributed by atoms with Crippen molar-refractivity contribution in [1.82, 2.24) is 0 Å². The van der Waals surface area contributed by atoms with Crippen LogP contribution in [-0.2, 0) is 5.41 Å². The molecule has 0 unspecified atom stereocenters. The van der Waals surface area contributed by atoms with E-state index < -0.39 is 0 Å². The van der Waals surface area contributed by atoms with Gasteiger partial charge in [0.05, 0.1) is 5.69 Å². The van der Waals surface area contributed by atoms with Crippen LogP contribution in [0.5, 0.6) is 0 Å². The lowest BCUT2D eigenvalue weighted by atomic mass is 9.82. The highest BCUT2D eigenvalue weighted by Crippen LogP contribution is 2.56. The molecule has 0 radical (unpaired) electrons. The zero-order valence-corrected chi connectivity index (χ0v) is 78.2. The minimum Gasteiger partial charge on any atom is -0.456 e. The van der Waals surface area contributed by atoms with Crippen molar-refractivity contribution in [2.75, 3.05) is 14.7 Å². The molecule has 674 valence electrons. The summed E-state index contributed by atoms with van der Waals surface area (Å²) in [5.74, 6) is 0. The first-order valence-corrected chi connectivity index (χ1v) is 49.2. The van der Waals surface area contributed by atoms with E-state index in [1.165, 1.54) is 119 Å². The molecule has 9 heteroatoms. The molecule has 0 fully saturated rings. The normalized spacial score (nSPS) is 12.6. The molecule has 0 bridgehead atoms. The number of nitrogens with zero attached hydrogens (tertiary/aromatic N) is 3. The van der Waals surface area contributed by atoms with Gasteiger partial charge in [-0.15, -0.1) is 0 Å². The Hall–Kier alpha value is -19.0. The maximum absolute atomic E-state index is 6.42. The van der Waals surface area contributed by atoms with E-state index in [0.717, 1.165) is 183 Å². The standard InChI is InChI=1S/C47H31NO2.C46H27NO2.C42H25NO2/c1-47(2)39-12-6-3-11-36(39)46-40(47)23-18-29-16-15-28-17-19-30(25-37(28)45(29)46)48(31-21-24-43-38(26-31)34-10-5-8-14-42(34)49-43)32-20-22-35-33-9-4-7-13-41(33)50-44(35)27-32;1-2-10-33-30(9-1)25-40(35-12-4-3-11-34(33)35)47(32-22-24-43-39(27-32)36-13-5-7-15-41(36)48-43)31-21-19-28-17-18-29-20-23-44-46(45(29)38(28)26-31)37-14-6-8-16-42(37)49-44;1-2-8-29-23-30(18-15-26(29)7-1)43(32-20-22-39-36(25-32)33-9-3-5-11-37(33)44-39)31-19-16-27-13-14-28-17-21-40-42(41(28)35(27)24-31)34-10-4-6-12-38(34)45-40/h3-27H,1-2H3;1-27H;1-25H. The van der Waals surface area contributed by atoms with Crippen LogP contribution in [0.1, 0.15) is 25.0 Å². The fourth-order valence-electron chi connectivity index (χ4n) is 23.7. The van der Waals surface area contributed by atoms with Crippen molar-refractivity contribution in [2.24, 2.45) is 0 Å². The van der Waals surface area contributed by atoms with E-state index in [9.17, 15) is 0 Å². The Bertz CT molecular complexity index is 10900. The van der Waals surface area contributed by atoms with Gasteiger partial charge in [-0.2, -0.15) is 0 Å². The van der Waals surface area contributed by atoms with Gasteiger partial charge in [0.2, 0.25) is 0 Å². The number of hydrogen-bond acceptors (Lipinski definition) is 9. The Morgan fingerprint density at radius 1 is 0.153 bits per heavy atom. The molecule has 31 aromatic rings.